The molecule has 0 unspecified atom stereocenters. The van der Waals surface area contributed by atoms with E-state index < -0.39 is 0 Å². The van der Waals surface area contributed by atoms with Crippen LogP contribution in [0.5, 0.6) is 0 Å². The summed E-state index contributed by atoms with van der Waals surface area (Å²) < 4.78 is 15.6. The summed E-state index contributed by atoms with van der Waals surface area (Å²) >= 11 is 7.30. The smallest absolute Gasteiger partial charge is 0.191 e. The molecular formula is C13H16ClFN4S. The quantitative estimate of drug-likeness (QED) is 0.859. The van der Waals surface area contributed by atoms with Crippen LogP contribution in [-0.4, -0.2) is 14.8 Å². The van der Waals surface area contributed by atoms with Gasteiger partial charge in [-0.2, -0.15) is 0 Å². The van der Waals surface area contributed by atoms with Gasteiger partial charge >= 0.3 is 0 Å². The average molecular weight is 315 g/mol. The van der Waals surface area contributed by atoms with E-state index in [1.807, 2.05) is 18.4 Å². The molecule has 0 amide bonds. The van der Waals surface area contributed by atoms with Crippen molar-refractivity contribution in [1.82, 2.24) is 14.8 Å². The van der Waals surface area contributed by atoms with E-state index in [0.717, 1.165) is 11.0 Å². The number of hydrogen-bond donors (Lipinski definition) is 1. The fourth-order valence-corrected chi connectivity index (χ4v) is 3.11. The first-order chi connectivity index (χ1) is 9.52. The Labute approximate surface area is 126 Å². The number of nitrogens with two attached hydrogens (primary N) is 1. The predicted molar refractivity (Wildman–Crippen MR) is 79.3 cm³/mol. The van der Waals surface area contributed by atoms with E-state index in [1.54, 1.807) is 6.07 Å². The summed E-state index contributed by atoms with van der Waals surface area (Å²) in [6, 6.07) is 4.74. The first-order valence-corrected chi connectivity index (χ1v) is 7.60. The van der Waals surface area contributed by atoms with Crippen molar-refractivity contribution in [3.05, 3.63) is 40.4 Å². The van der Waals surface area contributed by atoms with Gasteiger partial charge in [0.2, 0.25) is 0 Å². The van der Waals surface area contributed by atoms with E-state index in [4.69, 9.17) is 17.3 Å². The van der Waals surface area contributed by atoms with Crippen molar-refractivity contribution in [1.29, 1.82) is 0 Å². The Kier molecular flexibility index (Phi) is 5.01. The lowest BCUT2D eigenvalue weighted by molar-refractivity contribution is 0.526. The molecule has 20 heavy (non-hydrogen) atoms. The normalized spacial score (nSPS) is 11.3. The van der Waals surface area contributed by atoms with Gasteiger partial charge in [0.25, 0.3) is 0 Å². The van der Waals surface area contributed by atoms with Crippen LogP contribution in [0.2, 0.25) is 5.02 Å². The molecule has 0 saturated carbocycles. The molecule has 1 aromatic carbocycles. The van der Waals surface area contributed by atoms with Gasteiger partial charge in [0, 0.05) is 16.8 Å². The summed E-state index contributed by atoms with van der Waals surface area (Å²) in [7, 11) is 0. The Morgan fingerprint density at radius 3 is 2.80 bits per heavy atom. The van der Waals surface area contributed by atoms with Crippen LogP contribution in [0.4, 0.5) is 4.39 Å². The number of aromatic nitrogens is 3. The number of nitrogens with zero attached hydrogens (tertiary/aromatic N) is 3. The summed E-state index contributed by atoms with van der Waals surface area (Å²) in [5, 5.41) is 9.43. The van der Waals surface area contributed by atoms with Crippen molar-refractivity contribution in [3.63, 3.8) is 0 Å². The fourth-order valence-electron chi connectivity index (χ4n) is 1.86. The third-order valence-electron chi connectivity index (χ3n) is 2.80. The minimum absolute atomic E-state index is 0.204. The van der Waals surface area contributed by atoms with Crippen LogP contribution in [-0.2, 0) is 12.3 Å². The summed E-state index contributed by atoms with van der Waals surface area (Å²) in [4.78, 5) is 0. The topological polar surface area (TPSA) is 56.7 Å². The van der Waals surface area contributed by atoms with E-state index in [0.29, 0.717) is 22.9 Å². The van der Waals surface area contributed by atoms with Crippen molar-refractivity contribution in [2.75, 3.05) is 0 Å². The summed E-state index contributed by atoms with van der Waals surface area (Å²) in [6.07, 6.45) is 0. The van der Waals surface area contributed by atoms with E-state index in [2.05, 4.69) is 10.2 Å². The van der Waals surface area contributed by atoms with Crippen LogP contribution in [0, 0.1) is 5.82 Å². The summed E-state index contributed by atoms with van der Waals surface area (Å²) in [6.45, 7) is 4.40. The van der Waals surface area contributed by atoms with Crippen molar-refractivity contribution in [2.45, 2.75) is 37.3 Å². The number of benzene rings is 1. The summed E-state index contributed by atoms with van der Waals surface area (Å²) in [5.41, 5.74) is 6.19. The molecule has 0 atom stereocenters. The molecule has 0 saturated heterocycles. The number of rotatable bonds is 5. The molecular weight excluding hydrogens is 299 g/mol. The molecule has 2 aromatic rings. The van der Waals surface area contributed by atoms with E-state index in [9.17, 15) is 4.39 Å². The van der Waals surface area contributed by atoms with Gasteiger partial charge in [-0.1, -0.05) is 23.4 Å². The Bertz CT molecular complexity index is 600. The molecule has 2 rings (SSSR count). The Hall–Kier alpha value is -1.11. The Morgan fingerprint density at radius 2 is 2.15 bits per heavy atom. The van der Waals surface area contributed by atoms with E-state index in [-0.39, 0.29) is 11.9 Å². The third kappa shape index (κ3) is 3.31. The molecule has 0 aliphatic carbocycles. The van der Waals surface area contributed by atoms with E-state index in [1.165, 1.54) is 23.9 Å². The molecule has 108 valence electrons. The SMILES string of the molecule is CC(C)n1c(CN)nnc1SCc1cc(Cl)ccc1F. The third-order valence-corrected chi connectivity index (χ3v) is 4.03. The van der Waals surface area contributed by atoms with Gasteiger partial charge in [0.05, 0.1) is 6.54 Å². The van der Waals surface area contributed by atoms with Gasteiger partial charge in [0.1, 0.15) is 11.6 Å². The van der Waals surface area contributed by atoms with Crippen molar-refractivity contribution >= 4 is 23.4 Å². The zero-order chi connectivity index (χ0) is 14.7. The number of hydrogen-bond acceptors (Lipinski definition) is 4. The maximum absolute atomic E-state index is 13.7. The monoisotopic (exact) mass is 314 g/mol. The number of thioether (sulfide) groups is 1. The first-order valence-electron chi connectivity index (χ1n) is 6.23. The lowest BCUT2D eigenvalue weighted by atomic mass is 10.2. The Morgan fingerprint density at radius 1 is 1.40 bits per heavy atom. The summed E-state index contributed by atoms with van der Waals surface area (Å²) in [5.74, 6) is 0.910. The molecule has 0 aliphatic rings. The highest BCUT2D eigenvalue weighted by molar-refractivity contribution is 7.98. The largest absolute Gasteiger partial charge is 0.324 e. The molecule has 4 nitrogen and oxygen atoms in total. The second kappa shape index (κ2) is 6.56. The van der Waals surface area contributed by atoms with E-state index >= 15 is 0 Å². The zero-order valence-electron chi connectivity index (χ0n) is 11.3. The molecule has 1 aromatic heterocycles. The molecule has 7 heteroatoms. The van der Waals surface area contributed by atoms with Crippen LogP contribution < -0.4 is 5.73 Å². The minimum Gasteiger partial charge on any atom is -0.324 e. The second-order valence-electron chi connectivity index (χ2n) is 4.59. The molecule has 0 spiro atoms. The number of halogens is 2. The van der Waals surface area contributed by atoms with Gasteiger partial charge in [-0.3, -0.25) is 0 Å². The Balaban J connectivity index is 2.19. The van der Waals surface area contributed by atoms with Crippen LogP contribution in [0.15, 0.2) is 23.4 Å². The lowest BCUT2D eigenvalue weighted by Gasteiger charge is -2.12. The van der Waals surface area contributed by atoms with Crippen LogP contribution in [0.1, 0.15) is 31.3 Å². The van der Waals surface area contributed by atoms with Gasteiger partial charge in [-0.05, 0) is 37.6 Å². The van der Waals surface area contributed by atoms with Crippen LogP contribution >= 0.6 is 23.4 Å². The highest BCUT2D eigenvalue weighted by Crippen LogP contribution is 2.27. The van der Waals surface area contributed by atoms with Crippen LogP contribution in [0.3, 0.4) is 0 Å². The van der Waals surface area contributed by atoms with Gasteiger partial charge < -0.3 is 10.3 Å². The molecule has 0 radical (unpaired) electrons. The maximum atomic E-state index is 13.7. The average Bonchev–Trinajstić information content (AvgIpc) is 2.83. The predicted octanol–water partition coefficient (Wildman–Crippen LogP) is 3.40. The molecule has 0 bridgehead atoms. The molecule has 2 N–H and O–H groups in total. The van der Waals surface area contributed by atoms with Crippen molar-refractivity contribution in [3.8, 4) is 0 Å². The maximum Gasteiger partial charge on any atom is 0.191 e. The molecule has 1 heterocycles. The fraction of sp³-hybridized carbons (Fsp3) is 0.385. The zero-order valence-corrected chi connectivity index (χ0v) is 12.9. The van der Waals surface area contributed by atoms with Crippen LogP contribution in [0.25, 0.3) is 0 Å². The molecule has 0 fully saturated rings. The highest BCUT2D eigenvalue weighted by Gasteiger charge is 2.15. The van der Waals surface area contributed by atoms with Crippen molar-refractivity contribution < 1.29 is 4.39 Å². The first kappa shape index (κ1) is 15.3. The highest BCUT2D eigenvalue weighted by atomic mass is 35.5. The van der Waals surface area contributed by atoms with Gasteiger partial charge in [-0.15, -0.1) is 10.2 Å². The minimum atomic E-state index is -0.267. The lowest BCUT2D eigenvalue weighted by Crippen LogP contribution is -2.11. The van der Waals surface area contributed by atoms with Crippen molar-refractivity contribution in [2.24, 2.45) is 5.73 Å². The molecule has 0 aliphatic heterocycles. The second-order valence-corrected chi connectivity index (χ2v) is 5.97. The standard InChI is InChI=1S/C13H16ClFN4S/c1-8(2)19-12(6-16)17-18-13(19)20-7-9-5-10(14)3-4-11(9)15/h3-5,8H,6-7,16H2,1-2H3. The van der Waals surface area contributed by atoms with Gasteiger partial charge in [-0.25, -0.2) is 4.39 Å². The van der Waals surface area contributed by atoms with Gasteiger partial charge in [0.15, 0.2) is 5.16 Å².